The normalized spacial score (nSPS) is 18.1. The predicted octanol–water partition coefficient (Wildman–Crippen LogP) is 3.39. The fourth-order valence-corrected chi connectivity index (χ4v) is 3.63. The van der Waals surface area contributed by atoms with E-state index in [2.05, 4.69) is 20.2 Å². The van der Waals surface area contributed by atoms with Crippen LogP contribution in [0.5, 0.6) is 11.6 Å². The molecule has 1 fully saturated rings. The van der Waals surface area contributed by atoms with Crippen LogP contribution in [0.3, 0.4) is 0 Å². The first-order chi connectivity index (χ1) is 15.3. The van der Waals surface area contributed by atoms with Crippen molar-refractivity contribution >= 4 is 12.1 Å². The number of benzene rings is 1. The second kappa shape index (κ2) is 9.02. The predicted molar refractivity (Wildman–Crippen MR) is 118 cm³/mol. The number of hydrogen-bond acceptors (Lipinski definition) is 7. The molecule has 9 heteroatoms. The van der Waals surface area contributed by atoms with Crippen LogP contribution < -0.4 is 10.1 Å². The summed E-state index contributed by atoms with van der Waals surface area (Å²) >= 11 is 0. The highest BCUT2D eigenvalue weighted by molar-refractivity contribution is 5.82. The standard InChI is InChI=1S/C23H28FN5O3/c1-23(2,3)32-22(30)28-9-10-29-18(15-28)14-27-21(29)26-13-16-7-8-20(25-12-16)31-19-6-4-5-17(24)11-19/h4-8,11-12,18H,9-10,13-15H2,1-3H3,(H,26,27). The van der Waals surface area contributed by atoms with Gasteiger partial charge in [0.05, 0.1) is 12.6 Å². The number of ether oxygens (including phenoxy) is 2. The fraction of sp³-hybridized carbons (Fsp3) is 0.435. The van der Waals surface area contributed by atoms with E-state index in [-0.39, 0.29) is 18.0 Å². The molecule has 0 bridgehead atoms. The lowest BCUT2D eigenvalue weighted by atomic mass is 10.2. The van der Waals surface area contributed by atoms with E-state index in [0.29, 0.717) is 44.4 Å². The number of halogens is 1. The smallest absolute Gasteiger partial charge is 0.410 e. The van der Waals surface area contributed by atoms with Crippen molar-refractivity contribution in [1.29, 1.82) is 0 Å². The second-order valence-corrected chi connectivity index (χ2v) is 8.86. The molecule has 4 rings (SSSR count). The van der Waals surface area contributed by atoms with Crippen molar-refractivity contribution in [3.8, 4) is 11.6 Å². The molecule has 2 aromatic rings. The minimum Gasteiger partial charge on any atom is -0.444 e. The van der Waals surface area contributed by atoms with Crippen molar-refractivity contribution in [3.05, 3.63) is 54.0 Å². The number of carbonyl (C=O) groups excluding carboxylic acids is 1. The van der Waals surface area contributed by atoms with Crippen molar-refractivity contribution in [1.82, 2.24) is 20.1 Å². The van der Waals surface area contributed by atoms with Gasteiger partial charge in [0.1, 0.15) is 17.2 Å². The van der Waals surface area contributed by atoms with E-state index < -0.39 is 5.60 Å². The molecule has 8 nitrogen and oxygen atoms in total. The SMILES string of the molecule is CC(C)(C)OC(=O)N1CCN2C(NCc3ccc(Oc4cccc(F)c4)nc3)=NCC2C1. The molecule has 170 valence electrons. The van der Waals surface area contributed by atoms with Gasteiger partial charge in [0.15, 0.2) is 5.96 Å². The number of pyridine rings is 1. The minimum atomic E-state index is -0.501. The number of nitrogens with one attached hydrogen (secondary N) is 1. The van der Waals surface area contributed by atoms with Gasteiger partial charge in [-0.3, -0.25) is 4.99 Å². The zero-order chi connectivity index (χ0) is 22.7. The van der Waals surface area contributed by atoms with Gasteiger partial charge in [0.2, 0.25) is 5.88 Å². The highest BCUT2D eigenvalue weighted by atomic mass is 19.1. The van der Waals surface area contributed by atoms with E-state index in [4.69, 9.17) is 9.47 Å². The third-order valence-electron chi connectivity index (χ3n) is 5.13. The Morgan fingerprint density at radius 3 is 2.81 bits per heavy atom. The number of aliphatic imine (C=N–C) groups is 1. The van der Waals surface area contributed by atoms with E-state index >= 15 is 0 Å². The number of nitrogens with zero attached hydrogens (tertiary/aromatic N) is 4. The number of piperazine rings is 1. The Labute approximate surface area is 187 Å². The molecular formula is C23H28FN5O3. The van der Waals surface area contributed by atoms with Crippen LogP contribution in [0.25, 0.3) is 0 Å². The average molecular weight is 442 g/mol. The zero-order valence-corrected chi connectivity index (χ0v) is 18.5. The van der Waals surface area contributed by atoms with Gasteiger partial charge in [0, 0.05) is 44.5 Å². The van der Waals surface area contributed by atoms with E-state index in [1.165, 1.54) is 12.1 Å². The second-order valence-electron chi connectivity index (χ2n) is 8.86. The maximum absolute atomic E-state index is 13.3. The minimum absolute atomic E-state index is 0.152. The lowest BCUT2D eigenvalue weighted by molar-refractivity contribution is 0.0137. The van der Waals surface area contributed by atoms with Crippen LogP contribution in [0, 0.1) is 5.82 Å². The Balaban J connectivity index is 1.27. The summed E-state index contributed by atoms with van der Waals surface area (Å²) in [5.74, 6) is 1.28. The molecule has 0 radical (unpaired) electrons. The van der Waals surface area contributed by atoms with Gasteiger partial charge in [-0.1, -0.05) is 12.1 Å². The van der Waals surface area contributed by atoms with Crippen molar-refractivity contribution in [2.75, 3.05) is 26.2 Å². The molecule has 1 aromatic carbocycles. The van der Waals surface area contributed by atoms with Crippen LogP contribution in [0.1, 0.15) is 26.3 Å². The van der Waals surface area contributed by atoms with Gasteiger partial charge in [0.25, 0.3) is 0 Å². The molecular weight excluding hydrogens is 413 g/mol. The fourth-order valence-electron chi connectivity index (χ4n) is 3.63. The number of rotatable bonds is 4. The van der Waals surface area contributed by atoms with Gasteiger partial charge in [-0.15, -0.1) is 0 Å². The lowest BCUT2D eigenvalue weighted by Gasteiger charge is -2.39. The summed E-state index contributed by atoms with van der Waals surface area (Å²) < 4.78 is 24.3. The monoisotopic (exact) mass is 441 g/mol. The van der Waals surface area contributed by atoms with E-state index in [1.54, 1.807) is 29.3 Å². The summed E-state index contributed by atoms with van der Waals surface area (Å²) in [4.78, 5) is 25.2. The number of guanidine groups is 1. The number of hydrogen-bond donors (Lipinski definition) is 1. The maximum atomic E-state index is 13.3. The summed E-state index contributed by atoms with van der Waals surface area (Å²) in [5, 5.41) is 3.37. The Morgan fingerprint density at radius 1 is 1.25 bits per heavy atom. The van der Waals surface area contributed by atoms with E-state index in [9.17, 15) is 9.18 Å². The van der Waals surface area contributed by atoms with Crippen molar-refractivity contribution in [3.63, 3.8) is 0 Å². The van der Waals surface area contributed by atoms with Crippen LogP contribution >= 0.6 is 0 Å². The molecule has 1 N–H and O–H groups in total. The highest BCUT2D eigenvalue weighted by Crippen LogP contribution is 2.21. The summed E-state index contributed by atoms with van der Waals surface area (Å²) in [5.41, 5.74) is 0.467. The summed E-state index contributed by atoms with van der Waals surface area (Å²) in [6, 6.07) is 9.75. The highest BCUT2D eigenvalue weighted by Gasteiger charge is 2.36. The molecule has 1 amide bonds. The van der Waals surface area contributed by atoms with Gasteiger partial charge in [-0.05, 0) is 38.5 Å². The summed E-state index contributed by atoms with van der Waals surface area (Å²) in [7, 11) is 0. The zero-order valence-electron chi connectivity index (χ0n) is 18.5. The third-order valence-corrected chi connectivity index (χ3v) is 5.13. The molecule has 32 heavy (non-hydrogen) atoms. The van der Waals surface area contributed by atoms with Gasteiger partial charge < -0.3 is 24.6 Å². The Bertz CT molecular complexity index is 990. The molecule has 1 atom stereocenters. The van der Waals surface area contributed by atoms with Gasteiger partial charge in [-0.25, -0.2) is 14.2 Å². The number of carbonyl (C=O) groups is 1. The first-order valence-electron chi connectivity index (χ1n) is 10.7. The number of amides is 1. The quantitative estimate of drug-likeness (QED) is 0.784. The van der Waals surface area contributed by atoms with Crippen LogP contribution in [-0.2, 0) is 11.3 Å². The van der Waals surface area contributed by atoms with E-state index in [0.717, 1.165) is 11.5 Å². The Hall–Kier alpha value is -3.36. The van der Waals surface area contributed by atoms with Crippen molar-refractivity contribution in [2.24, 2.45) is 4.99 Å². The largest absolute Gasteiger partial charge is 0.444 e. The Morgan fingerprint density at radius 2 is 2.09 bits per heavy atom. The molecule has 0 spiro atoms. The number of fused-ring (bicyclic) bond motifs is 1. The maximum Gasteiger partial charge on any atom is 0.410 e. The molecule has 2 aliphatic rings. The van der Waals surface area contributed by atoms with E-state index in [1.807, 2.05) is 26.8 Å². The molecule has 3 heterocycles. The van der Waals surface area contributed by atoms with Crippen LogP contribution in [0.4, 0.5) is 9.18 Å². The molecule has 1 unspecified atom stereocenters. The molecule has 1 aromatic heterocycles. The summed E-state index contributed by atoms with van der Waals surface area (Å²) in [6.45, 7) is 8.71. The molecule has 0 saturated carbocycles. The third kappa shape index (κ3) is 5.46. The average Bonchev–Trinajstić information content (AvgIpc) is 3.14. The van der Waals surface area contributed by atoms with Crippen molar-refractivity contribution < 1.29 is 18.7 Å². The van der Waals surface area contributed by atoms with Gasteiger partial charge >= 0.3 is 6.09 Å². The molecule has 0 aliphatic carbocycles. The summed E-state index contributed by atoms with van der Waals surface area (Å²) in [6.07, 6.45) is 1.44. The van der Waals surface area contributed by atoms with Crippen LogP contribution in [-0.4, -0.2) is 64.7 Å². The van der Waals surface area contributed by atoms with Gasteiger partial charge in [-0.2, -0.15) is 0 Å². The molecule has 2 aliphatic heterocycles. The lowest BCUT2D eigenvalue weighted by Crippen LogP contribution is -2.57. The first kappa shape index (κ1) is 21.9. The van der Waals surface area contributed by atoms with Crippen LogP contribution in [0.15, 0.2) is 47.6 Å². The first-order valence-corrected chi connectivity index (χ1v) is 10.7. The Kier molecular flexibility index (Phi) is 6.16. The number of aromatic nitrogens is 1. The van der Waals surface area contributed by atoms with Crippen LogP contribution in [0.2, 0.25) is 0 Å². The molecule has 1 saturated heterocycles. The topological polar surface area (TPSA) is 79.3 Å². The van der Waals surface area contributed by atoms with Crippen molar-refractivity contribution in [2.45, 2.75) is 39.0 Å².